The van der Waals surface area contributed by atoms with Crippen LogP contribution in [0.15, 0.2) is 0 Å². The van der Waals surface area contributed by atoms with Crippen molar-refractivity contribution in [2.45, 2.75) is 32.1 Å². The standard InChI is InChI=1S/C10H17F2NO/c1-13(7-10(11)12)6-9(14)8-4-2-3-5-8/h8,10H,2-7H2,1H3. The SMILES string of the molecule is CN(CC(=O)C1CCCC1)CC(F)F. The molecule has 0 aromatic rings. The van der Waals surface area contributed by atoms with Crippen LogP contribution in [0.4, 0.5) is 8.78 Å². The summed E-state index contributed by atoms with van der Waals surface area (Å²) in [5.41, 5.74) is 0. The Morgan fingerprint density at radius 3 is 2.50 bits per heavy atom. The smallest absolute Gasteiger partial charge is 0.251 e. The number of ketones is 1. The lowest BCUT2D eigenvalue weighted by atomic mass is 10.0. The van der Waals surface area contributed by atoms with Crippen LogP contribution in [0, 0.1) is 5.92 Å². The van der Waals surface area contributed by atoms with E-state index in [1.807, 2.05) is 0 Å². The third kappa shape index (κ3) is 3.70. The fraction of sp³-hybridized carbons (Fsp3) is 0.900. The third-order valence-corrected chi connectivity index (χ3v) is 2.69. The molecule has 4 heteroatoms. The molecule has 0 aromatic carbocycles. The maximum atomic E-state index is 12.0. The molecule has 0 N–H and O–H groups in total. The molecule has 2 nitrogen and oxygen atoms in total. The van der Waals surface area contributed by atoms with Crippen LogP contribution in [-0.2, 0) is 4.79 Å². The average Bonchev–Trinajstić information content (AvgIpc) is 2.53. The van der Waals surface area contributed by atoms with Gasteiger partial charge in [0.2, 0.25) is 0 Å². The molecule has 0 saturated heterocycles. The summed E-state index contributed by atoms with van der Waals surface area (Å²) in [7, 11) is 1.57. The highest BCUT2D eigenvalue weighted by molar-refractivity contribution is 5.83. The lowest BCUT2D eigenvalue weighted by Crippen LogP contribution is -2.32. The van der Waals surface area contributed by atoms with Gasteiger partial charge in [-0.15, -0.1) is 0 Å². The van der Waals surface area contributed by atoms with Crippen molar-refractivity contribution in [2.75, 3.05) is 20.1 Å². The van der Waals surface area contributed by atoms with Crippen LogP contribution < -0.4 is 0 Å². The van der Waals surface area contributed by atoms with Gasteiger partial charge in [-0.3, -0.25) is 9.69 Å². The molecule has 0 spiro atoms. The zero-order valence-corrected chi connectivity index (χ0v) is 8.51. The highest BCUT2D eigenvalue weighted by Crippen LogP contribution is 2.25. The van der Waals surface area contributed by atoms with Crippen molar-refractivity contribution in [1.82, 2.24) is 4.90 Å². The van der Waals surface area contributed by atoms with Gasteiger partial charge in [0.05, 0.1) is 13.1 Å². The fourth-order valence-electron chi connectivity index (χ4n) is 1.94. The first-order valence-electron chi connectivity index (χ1n) is 5.09. The van der Waals surface area contributed by atoms with Gasteiger partial charge in [-0.05, 0) is 19.9 Å². The van der Waals surface area contributed by atoms with Gasteiger partial charge in [0.15, 0.2) is 0 Å². The number of alkyl halides is 2. The highest BCUT2D eigenvalue weighted by Gasteiger charge is 2.23. The molecule has 0 aromatic heterocycles. The van der Waals surface area contributed by atoms with E-state index < -0.39 is 6.43 Å². The van der Waals surface area contributed by atoms with E-state index in [9.17, 15) is 13.6 Å². The Morgan fingerprint density at radius 1 is 1.43 bits per heavy atom. The summed E-state index contributed by atoms with van der Waals surface area (Å²) in [5.74, 6) is 0.265. The molecule has 0 amide bonds. The van der Waals surface area contributed by atoms with Crippen LogP contribution in [-0.4, -0.2) is 37.2 Å². The number of Topliss-reactive ketones (excluding diaryl/α,β-unsaturated/α-hetero) is 1. The Hall–Kier alpha value is -0.510. The second kappa shape index (κ2) is 5.39. The molecule has 1 saturated carbocycles. The number of hydrogen-bond donors (Lipinski definition) is 0. The molecule has 0 atom stereocenters. The van der Waals surface area contributed by atoms with E-state index in [0.717, 1.165) is 25.7 Å². The Bertz CT molecular complexity index is 191. The molecule has 0 unspecified atom stereocenters. The van der Waals surface area contributed by atoms with Crippen LogP contribution in [0.25, 0.3) is 0 Å². The van der Waals surface area contributed by atoms with Crippen molar-refractivity contribution in [3.63, 3.8) is 0 Å². The summed E-state index contributed by atoms with van der Waals surface area (Å²) in [6, 6.07) is 0. The van der Waals surface area contributed by atoms with E-state index in [1.165, 1.54) is 4.90 Å². The maximum Gasteiger partial charge on any atom is 0.251 e. The first-order chi connectivity index (χ1) is 6.59. The normalized spacial score (nSPS) is 18.4. The highest BCUT2D eigenvalue weighted by atomic mass is 19.3. The van der Waals surface area contributed by atoms with Crippen LogP contribution >= 0.6 is 0 Å². The minimum atomic E-state index is -2.35. The summed E-state index contributed by atoms with van der Waals surface area (Å²) in [6.45, 7) is -0.131. The van der Waals surface area contributed by atoms with Gasteiger partial charge in [0.25, 0.3) is 6.43 Å². The molecule has 0 radical (unpaired) electrons. The molecule has 82 valence electrons. The summed E-state index contributed by atoms with van der Waals surface area (Å²) in [4.78, 5) is 13.0. The Balaban J connectivity index is 2.25. The Labute approximate surface area is 83.3 Å². The molecule has 14 heavy (non-hydrogen) atoms. The monoisotopic (exact) mass is 205 g/mol. The molecular formula is C10H17F2NO. The summed E-state index contributed by atoms with van der Waals surface area (Å²) >= 11 is 0. The van der Waals surface area contributed by atoms with E-state index in [1.54, 1.807) is 7.05 Å². The predicted molar refractivity (Wildman–Crippen MR) is 50.5 cm³/mol. The molecule has 0 heterocycles. The van der Waals surface area contributed by atoms with E-state index >= 15 is 0 Å². The summed E-state index contributed by atoms with van der Waals surface area (Å²) < 4.78 is 23.9. The van der Waals surface area contributed by atoms with Crippen molar-refractivity contribution in [1.29, 1.82) is 0 Å². The number of nitrogens with zero attached hydrogens (tertiary/aromatic N) is 1. The van der Waals surface area contributed by atoms with Gasteiger partial charge >= 0.3 is 0 Å². The quantitative estimate of drug-likeness (QED) is 0.683. The van der Waals surface area contributed by atoms with Gasteiger partial charge in [0.1, 0.15) is 5.78 Å². The largest absolute Gasteiger partial charge is 0.298 e. The molecule has 1 rings (SSSR count). The maximum absolute atomic E-state index is 12.0. The molecule has 1 aliphatic rings. The van der Waals surface area contributed by atoms with E-state index in [2.05, 4.69) is 0 Å². The Morgan fingerprint density at radius 2 is 2.00 bits per heavy atom. The number of hydrogen-bond acceptors (Lipinski definition) is 2. The number of likely N-dealkylation sites (N-methyl/N-ethyl adjacent to an activating group) is 1. The summed E-state index contributed by atoms with van der Waals surface area (Å²) in [5, 5.41) is 0. The topological polar surface area (TPSA) is 20.3 Å². The number of carbonyl (C=O) groups is 1. The molecule has 0 aliphatic heterocycles. The van der Waals surface area contributed by atoms with Gasteiger partial charge in [-0.25, -0.2) is 8.78 Å². The second-order valence-corrected chi connectivity index (χ2v) is 4.04. The minimum Gasteiger partial charge on any atom is -0.298 e. The van der Waals surface area contributed by atoms with Crippen LogP contribution in [0.1, 0.15) is 25.7 Å². The predicted octanol–water partition coefficient (Wildman–Crippen LogP) is 1.94. The Kier molecular flexibility index (Phi) is 4.45. The lowest BCUT2D eigenvalue weighted by molar-refractivity contribution is -0.123. The van der Waals surface area contributed by atoms with Gasteiger partial charge < -0.3 is 0 Å². The van der Waals surface area contributed by atoms with E-state index in [0.29, 0.717) is 0 Å². The van der Waals surface area contributed by atoms with Gasteiger partial charge in [0, 0.05) is 5.92 Å². The van der Waals surface area contributed by atoms with E-state index in [-0.39, 0.29) is 24.8 Å². The van der Waals surface area contributed by atoms with Crippen LogP contribution in [0.5, 0.6) is 0 Å². The van der Waals surface area contributed by atoms with Crippen molar-refractivity contribution in [3.8, 4) is 0 Å². The first kappa shape index (κ1) is 11.6. The van der Waals surface area contributed by atoms with Crippen LogP contribution in [0.2, 0.25) is 0 Å². The fourth-order valence-corrected chi connectivity index (χ4v) is 1.94. The zero-order chi connectivity index (χ0) is 10.6. The first-order valence-corrected chi connectivity index (χ1v) is 5.09. The molecular weight excluding hydrogens is 188 g/mol. The average molecular weight is 205 g/mol. The van der Waals surface area contributed by atoms with E-state index in [4.69, 9.17) is 0 Å². The molecule has 1 fully saturated rings. The lowest BCUT2D eigenvalue weighted by Gasteiger charge is -2.17. The van der Waals surface area contributed by atoms with Crippen molar-refractivity contribution >= 4 is 5.78 Å². The number of carbonyl (C=O) groups excluding carboxylic acids is 1. The molecule has 0 bridgehead atoms. The summed E-state index contributed by atoms with van der Waals surface area (Å²) in [6.07, 6.45) is 1.75. The van der Waals surface area contributed by atoms with Crippen molar-refractivity contribution < 1.29 is 13.6 Å². The van der Waals surface area contributed by atoms with Gasteiger partial charge in [-0.2, -0.15) is 0 Å². The van der Waals surface area contributed by atoms with Gasteiger partial charge in [-0.1, -0.05) is 12.8 Å². The number of rotatable bonds is 5. The van der Waals surface area contributed by atoms with Crippen LogP contribution in [0.3, 0.4) is 0 Å². The molecule has 1 aliphatic carbocycles. The number of halogens is 2. The zero-order valence-electron chi connectivity index (χ0n) is 8.51. The second-order valence-electron chi connectivity index (χ2n) is 4.04. The third-order valence-electron chi connectivity index (χ3n) is 2.69. The van der Waals surface area contributed by atoms with Crippen molar-refractivity contribution in [3.05, 3.63) is 0 Å². The van der Waals surface area contributed by atoms with Crippen molar-refractivity contribution in [2.24, 2.45) is 5.92 Å². The minimum absolute atomic E-state index is 0.130.